The molecule has 140 valence electrons. The van der Waals surface area contributed by atoms with Gasteiger partial charge in [-0.1, -0.05) is 35.1 Å². The molecule has 2 aliphatic rings. The smallest absolute Gasteiger partial charge is 0.272 e. The van der Waals surface area contributed by atoms with Gasteiger partial charge in [0, 0.05) is 22.0 Å². The third-order valence-electron chi connectivity index (χ3n) is 4.87. The molecule has 6 nitrogen and oxygen atoms in total. The zero-order valence-electron chi connectivity index (χ0n) is 14.9. The first-order chi connectivity index (χ1) is 13.5. The van der Waals surface area contributed by atoms with Gasteiger partial charge in [0.1, 0.15) is 17.9 Å². The van der Waals surface area contributed by atoms with Gasteiger partial charge in [0.2, 0.25) is 0 Å². The fraction of sp³-hybridized carbons (Fsp3) is 0.150. The van der Waals surface area contributed by atoms with Gasteiger partial charge in [0.05, 0.1) is 5.57 Å². The van der Waals surface area contributed by atoms with Gasteiger partial charge in [-0.3, -0.25) is 14.2 Å². The van der Waals surface area contributed by atoms with Crippen molar-refractivity contribution in [1.82, 2.24) is 4.57 Å². The molecule has 5 rings (SSSR count). The quantitative estimate of drug-likeness (QED) is 0.668. The number of amides is 1. The SMILES string of the molecule is Cc1cccc(N2CN=c3s/c(=C4\C(=O)Nc5ccc(Cl)cc54)c(=O)n3C2)c1. The number of thiazole rings is 1. The number of fused-ring (bicyclic) bond motifs is 2. The Kier molecular flexibility index (Phi) is 3.89. The Morgan fingerprint density at radius 1 is 1.18 bits per heavy atom. The molecule has 1 aromatic heterocycles. The van der Waals surface area contributed by atoms with Crippen molar-refractivity contribution in [3.05, 3.63) is 78.3 Å². The summed E-state index contributed by atoms with van der Waals surface area (Å²) in [6.45, 7) is 2.89. The van der Waals surface area contributed by atoms with Crippen molar-refractivity contribution in [2.24, 2.45) is 4.99 Å². The molecule has 8 heteroatoms. The number of nitrogens with zero attached hydrogens (tertiary/aromatic N) is 3. The predicted molar refractivity (Wildman–Crippen MR) is 110 cm³/mol. The summed E-state index contributed by atoms with van der Waals surface area (Å²) in [5.74, 6) is -0.288. The average Bonchev–Trinajstić information content (AvgIpc) is 3.17. The highest BCUT2D eigenvalue weighted by atomic mass is 35.5. The predicted octanol–water partition coefficient (Wildman–Crippen LogP) is 2.08. The van der Waals surface area contributed by atoms with Gasteiger partial charge in [0.25, 0.3) is 11.5 Å². The van der Waals surface area contributed by atoms with E-state index in [1.807, 2.05) is 30.0 Å². The van der Waals surface area contributed by atoms with E-state index in [0.29, 0.717) is 44.5 Å². The van der Waals surface area contributed by atoms with Crippen molar-refractivity contribution in [2.45, 2.75) is 13.6 Å². The van der Waals surface area contributed by atoms with Crippen molar-refractivity contribution >= 4 is 45.8 Å². The highest BCUT2D eigenvalue weighted by Gasteiger charge is 2.28. The second-order valence-electron chi connectivity index (χ2n) is 6.79. The third kappa shape index (κ3) is 2.66. The minimum atomic E-state index is -0.288. The van der Waals surface area contributed by atoms with Crippen LogP contribution in [0.5, 0.6) is 0 Å². The number of rotatable bonds is 1. The standard InChI is InChI=1S/C20H15ClN4O2S/c1-11-3-2-4-13(7-11)24-9-22-20-25(10-24)19(27)17(28-20)16-14-8-12(21)5-6-15(14)23-18(16)26/h2-8H,9-10H2,1H3,(H,23,26)/b17-16-. The van der Waals surface area contributed by atoms with Crippen LogP contribution < -0.4 is 25.1 Å². The van der Waals surface area contributed by atoms with Crippen molar-refractivity contribution in [2.75, 3.05) is 16.9 Å². The molecule has 3 aromatic rings. The monoisotopic (exact) mass is 410 g/mol. The van der Waals surface area contributed by atoms with Crippen LogP contribution in [-0.4, -0.2) is 17.1 Å². The lowest BCUT2D eigenvalue weighted by Gasteiger charge is -2.25. The molecule has 0 atom stereocenters. The van der Waals surface area contributed by atoms with Crippen molar-refractivity contribution in [3.8, 4) is 0 Å². The van der Waals surface area contributed by atoms with Crippen LogP contribution in [0.25, 0.3) is 5.57 Å². The van der Waals surface area contributed by atoms with E-state index in [-0.39, 0.29) is 11.5 Å². The summed E-state index contributed by atoms with van der Waals surface area (Å²) in [5.41, 5.74) is 3.64. The molecule has 1 amide bonds. The highest BCUT2D eigenvalue weighted by Crippen LogP contribution is 2.32. The first-order valence-electron chi connectivity index (χ1n) is 8.72. The first-order valence-corrected chi connectivity index (χ1v) is 9.92. The topological polar surface area (TPSA) is 66.7 Å². The summed E-state index contributed by atoms with van der Waals surface area (Å²) < 4.78 is 2.01. The number of aromatic nitrogens is 1. The van der Waals surface area contributed by atoms with Crippen molar-refractivity contribution in [3.63, 3.8) is 0 Å². The normalized spacial score (nSPS) is 17.1. The van der Waals surface area contributed by atoms with Crippen LogP contribution in [0, 0.1) is 6.92 Å². The Morgan fingerprint density at radius 2 is 2.04 bits per heavy atom. The fourth-order valence-electron chi connectivity index (χ4n) is 3.51. The van der Waals surface area contributed by atoms with E-state index in [1.54, 1.807) is 22.8 Å². The van der Waals surface area contributed by atoms with Crippen LogP contribution in [-0.2, 0) is 11.5 Å². The van der Waals surface area contributed by atoms with E-state index in [9.17, 15) is 9.59 Å². The number of hydrogen-bond acceptors (Lipinski definition) is 5. The summed E-state index contributed by atoms with van der Waals surface area (Å²) in [6.07, 6.45) is 0. The van der Waals surface area contributed by atoms with E-state index >= 15 is 0 Å². The molecule has 0 saturated heterocycles. The van der Waals surface area contributed by atoms with Gasteiger partial charge in [0.15, 0.2) is 4.80 Å². The molecule has 0 spiro atoms. The van der Waals surface area contributed by atoms with E-state index in [1.165, 1.54) is 11.3 Å². The second-order valence-corrected chi connectivity index (χ2v) is 8.20. The lowest BCUT2D eigenvalue weighted by atomic mass is 10.1. The molecule has 0 aliphatic carbocycles. The minimum absolute atomic E-state index is 0.209. The van der Waals surface area contributed by atoms with Gasteiger partial charge in [-0.25, -0.2) is 4.99 Å². The zero-order chi connectivity index (χ0) is 19.4. The van der Waals surface area contributed by atoms with Crippen LogP contribution in [0.2, 0.25) is 5.02 Å². The number of carbonyl (C=O) groups is 1. The van der Waals surface area contributed by atoms with Crippen LogP contribution >= 0.6 is 22.9 Å². The molecule has 0 bridgehead atoms. The van der Waals surface area contributed by atoms with Gasteiger partial charge in [-0.15, -0.1) is 0 Å². The highest BCUT2D eigenvalue weighted by molar-refractivity contribution is 7.07. The molecule has 28 heavy (non-hydrogen) atoms. The van der Waals surface area contributed by atoms with Crippen LogP contribution in [0.3, 0.4) is 0 Å². The molecule has 1 N–H and O–H groups in total. The molecule has 0 unspecified atom stereocenters. The summed E-state index contributed by atoms with van der Waals surface area (Å²) in [7, 11) is 0. The van der Waals surface area contributed by atoms with E-state index < -0.39 is 0 Å². The molecule has 0 fully saturated rings. The lowest BCUT2D eigenvalue weighted by molar-refractivity contribution is -0.110. The van der Waals surface area contributed by atoms with E-state index in [2.05, 4.69) is 16.4 Å². The molecule has 2 aromatic carbocycles. The molecule has 0 radical (unpaired) electrons. The number of halogens is 1. The largest absolute Gasteiger partial charge is 0.334 e. The number of carbonyl (C=O) groups excluding carboxylic acids is 1. The molecule has 3 heterocycles. The maximum atomic E-state index is 13.1. The van der Waals surface area contributed by atoms with E-state index in [0.717, 1.165) is 11.3 Å². The Hall–Kier alpha value is -2.90. The Balaban J connectivity index is 1.66. The van der Waals surface area contributed by atoms with Crippen molar-refractivity contribution in [1.29, 1.82) is 0 Å². The summed E-state index contributed by atoms with van der Waals surface area (Å²) in [4.78, 5) is 32.9. The maximum Gasteiger partial charge on any atom is 0.272 e. The summed E-state index contributed by atoms with van der Waals surface area (Å²) >= 11 is 7.36. The Bertz CT molecular complexity index is 1320. The van der Waals surface area contributed by atoms with Gasteiger partial charge >= 0.3 is 0 Å². The zero-order valence-corrected chi connectivity index (χ0v) is 16.5. The summed E-state index contributed by atoms with van der Waals surface area (Å²) in [5, 5.41) is 3.32. The van der Waals surface area contributed by atoms with Crippen LogP contribution in [0.4, 0.5) is 11.4 Å². The van der Waals surface area contributed by atoms with Crippen molar-refractivity contribution < 1.29 is 4.79 Å². The average molecular weight is 411 g/mol. The second kappa shape index (κ2) is 6.32. The lowest BCUT2D eigenvalue weighted by Crippen LogP contribution is -2.43. The Labute approximate surface area is 169 Å². The number of aryl methyl sites for hydroxylation is 1. The first kappa shape index (κ1) is 17.2. The minimum Gasteiger partial charge on any atom is -0.334 e. The molecule has 2 aliphatic heterocycles. The maximum absolute atomic E-state index is 13.1. The van der Waals surface area contributed by atoms with Gasteiger partial charge in [-0.05, 0) is 42.8 Å². The molecular weight excluding hydrogens is 396 g/mol. The number of nitrogens with one attached hydrogen (secondary N) is 1. The Morgan fingerprint density at radius 3 is 2.86 bits per heavy atom. The molecular formula is C20H15ClN4O2S. The third-order valence-corrected chi connectivity index (χ3v) is 6.22. The van der Waals surface area contributed by atoms with Gasteiger partial charge < -0.3 is 10.2 Å². The summed E-state index contributed by atoms with van der Waals surface area (Å²) in [6, 6.07) is 13.3. The van der Waals surface area contributed by atoms with Gasteiger partial charge in [-0.2, -0.15) is 0 Å². The van der Waals surface area contributed by atoms with Crippen LogP contribution in [0.15, 0.2) is 52.3 Å². The molecule has 0 saturated carbocycles. The van der Waals surface area contributed by atoms with E-state index in [4.69, 9.17) is 11.6 Å². The number of anilines is 2. The number of hydrogen-bond donors (Lipinski definition) is 1. The van der Waals surface area contributed by atoms with Crippen LogP contribution in [0.1, 0.15) is 11.1 Å². The number of benzene rings is 2. The fourth-order valence-corrected chi connectivity index (χ4v) is 4.74.